The van der Waals surface area contributed by atoms with Crippen LogP contribution < -0.4 is 0 Å². The van der Waals surface area contributed by atoms with Crippen molar-refractivity contribution in [2.45, 2.75) is 71.1 Å². The van der Waals surface area contributed by atoms with Gasteiger partial charge in [0.25, 0.3) is 0 Å². The molecule has 0 aromatic heterocycles. The number of hydrogen-bond donors (Lipinski definition) is 2. The van der Waals surface area contributed by atoms with E-state index in [9.17, 15) is 9.59 Å². The minimum Gasteiger partial charge on any atom is -0.481 e. The molecule has 0 saturated carbocycles. The van der Waals surface area contributed by atoms with Crippen molar-refractivity contribution in [3.05, 3.63) is 12.2 Å². The summed E-state index contributed by atoms with van der Waals surface area (Å²) in [5, 5.41) is 17.5. The minimum atomic E-state index is -1.06. The third kappa shape index (κ3) is 11.8. The Bertz CT molecular complexity index is 297. The summed E-state index contributed by atoms with van der Waals surface area (Å²) >= 11 is 0. The van der Waals surface area contributed by atoms with Crippen molar-refractivity contribution in [1.29, 1.82) is 0 Å². The van der Waals surface area contributed by atoms with Gasteiger partial charge in [-0.15, -0.1) is 0 Å². The number of carbonyl (C=O) groups is 2. The van der Waals surface area contributed by atoms with Crippen LogP contribution in [0.3, 0.4) is 0 Å². The number of allylic oxidation sites excluding steroid dienone is 2. The van der Waals surface area contributed by atoms with Gasteiger partial charge < -0.3 is 10.2 Å². The Labute approximate surface area is 121 Å². The summed E-state index contributed by atoms with van der Waals surface area (Å²) in [6, 6.07) is 0. The molecule has 0 aliphatic carbocycles. The molecule has 20 heavy (non-hydrogen) atoms. The van der Waals surface area contributed by atoms with Gasteiger partial charge in [0.1, 0.15) is 0 Å². The molecule has 0 bridgehead atoms. The monoisotopic (exact) mass is 284 g/mol. The van der Waals surface area contributed by atoms with Crippen molar-refractivity contribution in [2.24, 2.45) is 5.92 Å². The molecule has 0 aliphatic rings. The van der Waals surface area contributed by atoms with Crippen LogP contribution in [0, 0.1) is 5.92 Å². The lowest BCUT2D eigenvalue weighted by molar-refractivity contribution is -0.148. The zero-order chi connectivity index (χ0) is 15.2. The number of rotatable bonds is 13. The van der Waals surface area contributed by atoms with Gasteiger partial charge >= 0.3 is 11.9 Å². The maximum atomic E-state index is 10.8. The third-order valence-corrected chi connectivity index (χ3v) is 3.33. The Morgan fingerprint density at radius 1 is 0.950 bits per heavy atom. The van der Waals surface area contributed by atoms with Gasteiger partial charge in [-0.1, -0.05) is 57.6 Å². The van der Waals surface area contributed by atoms with Crippen LogP contribution in [0.2, 0.25) is 0 Å². The van der Waals surface area contributed by atoms with Crippen molar-refractivity contribution < 1.29 is 19.8 Å². The first-order valence-electron chi connectivity index (χ1n) is 7.67. The zero-order valence-electron chi connectivity index (χ0n) is 12.5. The minimum absolute atomic E-state index is 0.304. The van der Waals surface area contributed by atoms with Gasteiger partial charge in [-0.25, -0.2) is 0 Å². The lowest BCUT2D eigenvalue weighted by atomic mass is 10.0. The summed E-state index contributed by atoms with van der Waals surface area (Å²) in [4.78, 5) is 21.3. The lowest BCUT2D eigenvalue weighted by Crippen LogP contribution is -2.16. The van der Waals surface area contributed by atoms with E-state index in [4.69, 9.17) is 10.2 Å². The molecule has 4 heteroatoms. The van der Waals surface area contributed by atoms with Crippen molar-refractivity contribution in [1.82, 2.24) is 0 Å². The molecule has 0 radical (unpaired) electrons. The fourth-order valence-corrected chi connectivity index (χ4v) is 2.08. The molecule has 0 amide bonds. The van der Waals surface area contributed by atoms with E-state index in [-0.39, 0.29) is 6.42 Å². The highest BCUT2D eigenvalue weighted by atomic mass is 16.4. The fourth-order valence-electron chi connectivity index (χ4n) is 2.08. The Morgan fingerprint density at radius 3 is 2.10 bits per heavy atom. The molecule has 0 aliphatic heterocycles. The van der Waals surface area contributed by atoms with Crippen molar-refractivity contribution in [3.63, 3.8) is 0 Å². The molecule has 0 aromatic rings. The van der Waals surface area contributed by atoms with Crippen LogP contribution in [0.4, 0.5) is 0 Å². The first-order valence-corrected chi connectivity index (χ1v) is 7.67. The molecule has 1 unspecified atom stereocenters. The molecular formula is C16H28O4. The molecule has 2 N–H and O–H groups in total. The molecule has 0 heterocycles. The van der Waals surface area contributed by atoms with E-state index in [1.54, 1.807) is 6.08 Å². The fraction of sp³-hybridized carbons (Fsp3) is 0.750. The van der Waals surface area contributed by atoms with Crippen LogP contribution in [0.25, 0.3) is 0 Å². The predicted octanol–water partition coefficient (Wildman–Crippen LogP) is 4.25. The number of unbranched alkanes of at least 4 members (excludes halogenated alkanes) is 7. The molecule has 0 rings (SSSR count). The molecule has 0 aromatic carbocycles. The topological polar surface area (TPSA) is 74.6 Å². The third-order valence-electron chi connectivity index (χ3n) is 3.33. The molecular weight excluding hydrogens is 256 g/mol. The van der Waals surface area contributed by atoms with Crippen molar-refractivity contribution >= 4 is 11.9 Å². The summed E-state index contributed by atoms with van der Waals surface area (Å²) in [5.74, 6) is -2.90. The predicted molar refractivity (Wildman–Crippen MR) is 79.7 cm³/mol. The second kappa shape index (κ2) is 12.7. The summed E-state index contributed by atoms with van der Waals surface area (Å²) in [6.45, 7) is 2.21. The van der Waals surface area contributed by atoms with Crippen LogP contribution in [0.5, 0.6) is 0 Å². The van der Waals surface area contributed by atoms with E-state index in [2.05, 4.69) is 6.92 Å². The summed E-state index contributed by atoms with van der Waals surface area (Å²) in [7, 11) is 0. The van der Waals surface area contributed by atoms with Crippen molar-refractivity contribution in [2.75, 3.05) is 0 Å². The molecule has 0 fully saturated rings. The van der Waals surface area contributed by atoms with E-state index < -0.39 is 17.9 Å². The average Bonchev–Trinajstić information content (AvgIpc) is 2.39. The second-order valence-electron chi connectivity index (χ2n) is 5.25. The number of aliphatic carboxylic acids is 2. The number of carboxylic acid groups (broad SMARTS) is 2. The maximum Gasteiger partial charge on any atom is 0.307 e. The van der Waals surface area contributed by atoms with Crippen molar-refractivity contribution in [3.8, 4) is 0 Å². The van der Waals surface area contributed by atoms with Gasteiger partial charge in [0.2, 0.25) is 0 Å². The molecule has 0 spiro atoms. The number of hydrogen-bond acceptors (Lipinski definition) is 2. The quantitative estimate of drug-likeness (QED) is 0.391. The van der Waals surface area contributed by atoms with Gasteiger partial charge in [-0.3, -0.25) is 9.59 Å². The van der Waals surface area contributed by atoms with Crippen LogP contribution >= 0.6 is 0 Å². The molecule has 4 nitrogen and oxygen atoms in total. The smallest absolute Gasteiger partial charge is 0.307 e. The van der Waals surface area contributed by atoms with E-state index in [1.807, 2.05) is 6.08 Å². The van der Waals surface area contributed by atoms with Gasteiger partial charge in [-0.2, -0.15) is 0 Å². The molecule has 0 saturated heterocycles. The van der Waals surface area contributed by atoms with Crippen LogP contribution in [-0.4, -0.2) is 22.2 Å². The summed E-state index contributed by atoms with van der Waals surface area (Å²) in [6.07, 6.45) is 13.5. The molecule has 116 valence electrons. The van der Waals surface area contributed by atoms with E-state index >= 15 is 0 Å². The SMILES string of the molecule is CCCCCCCCC/C=C/CC(CC(=O)O)C(=O)O. The van der Waals surface area contributed by atoms with Gasteiger partial charge in [0.15, 0.2) is 0 Å². The van der Waals surface area contributed by atoms with Gasteiger partial charge in [-0.05, 0) is 19.3 Å². The Morgan fingerprint density at radius 2 is 1.55 bits per heavy atom. The Hall–Kier alpha value is -1.32. The maximum absolute atomic E-state index is 10.8. The molecule has 1 atom stereocenters. The largest absolute Gasteiger partial charge is 0.481 e. The highest BCUT2D eigenvalue weighted by Gasteiger charge is 2.18. The zero-order valence-corrected chi connectivity index (χ0v) is 12.5. The van der Waals surface area contributed by atoms with Crippen LogP contribution in [0.15, 0.2) is 12.2 Å². The van der Waals surface area contributed by atoms with Gasteiger partial charge in [0, 0.05) is 0 Å². The Balaban J connectivity index is 3.58. The van der Waals surface area contributed by atoms with E-state index in [0.717, 1.165) is 12.8 Å². The standard InChI is InChI=1S/C16H28O4/c1-2-3-4-5-6-7-8-9-10-11-12-14(16(19)20)13-15(17)18/h10-11,14H,2-9,12-13H2,1H3,(H,17,18)(H,19,20)/b11-10+. The normalized spacial score (nSPS) is 12.7. The lowest BCUT2D eigenvalue weighted by Gasteiger charge is -2.05. The average molecular weight is 284 g/mol. The van der Waals surface area contributed by atoms with Gasteiger partial charge in [0.05, 0.1) is 12.3 Å². The first kappa shape index (κ1) is 18.7. The van der Waals surface area contributed by atoms with E-state index in [0.29, 0.717) is 6.42 Å². The number of carboxylic acids is 2. The highest BCUT2D eigenvalue weighted by Crippen LogP contribution is 2.12. The summed E-state index contributed by atoms with van der Waals surface area (Å²) in [5.41, 5.74) is 0. The highest BCUT2D eigenvalue weighted by molar-refractivity contribution is 5.77. The van der Waals surface area contributed by atoms with Crippen LogP contribution in [-0.2, 0) is 9.59 Å². The van der Waals surface area contributed by atoms with Crippen LogP contribution in [0.1, 0.15) is 71.1 Å². The first-order chi connectivity index (χ1) is 9.57. The summed E-state index contributed by atoms with van der Waals surface area (Å²) < 4.78 is 0. The van der Waals surface area contributed by atoms with E-state index in [1.165, 1.54) is 38.5 Å². The Kier molecular flexibility index (Phi) is 11.9. The second-order valence-corrected chi connectivity index (χ2v) is 5.25.